The molecule has 0 aliphatic rings. The van der Waals surface area contributed by atoms with Crippen LogP contribution >= 0.6 is 0 Å². The van der Waals surface area contributed by atoms with Crippen molar-refractivity contribution in [3.05, 3.63) is 66.6 Å². The first-order chi connectivity index (χ1) is 11.2. The molecule has 0 aliphatic heterocycles. The molecule has 5 nitrogen and oxygen atoms in total. The van der Waals surface area contributed by atoms with Gasteiger partial charge < -0.3 is 5.73 Å². The quantitative estimate of drug-likeness (QED) is 0.576. The van der Waals surface area contributed by atoms with E-state index in [-0.39, 0.29) is 0 Å². The molecular formula is C18H15N5. The summed E-state index contributed by atoms with van der Waals surface area (Å²) in [5, 5.41) is 4.72. The second-order valence-electron chi connectivity index (χ2n) is 5.44. The summed E-state index contributed by atoms with van der Waals surface area (Å²) < 4.78 is 1.86. The zero-order valence-corrected chi connectivity index (χ0v) is 12.6. The zero-order valence-electron chi connectivity index (χ0n) is 12.6. The molecule has 4 aromatic rings. The Kier molecular flexibility index (Phi) is 3.05. The van der Waals surface area contributed by atoms with Crippen LogP contribution in [-0.4, -0.2) is 19.6 Å². The molecule has 0 bridgehead atoms. The van der Waals surface area contributed by atoms with Crippen LogP contribution in [0.2, 0.25) is 0 Å². The topological polar surface area (TPSA) is 69.1 Å². The number of nitrogens with zero attached hydrogens (tertiary/aromatic N) is 4. The van der Waals surface area contributed by atoms with Crippen molar-refractivity contribution < 1.29 is 0 Å². The third kappa shape index (κ3) is 2.42. The van der Waals surface area contributed by atoms with Crippen LogP contribution in [0.3, 0.4) is 0 Å². The number of pyridine rings is 1. The summed E-state index contributed by atoms with van der Waals surface area (Å²) in [5.41, 5.74) is 12.3. The van der Waals surface area contributed by atoms with E-state index < -0.39 is 0 Å². The number of hydrogen-bond acceptors (Lipinski definition) is 4. The summed E-state index contributed by atoms with van der Waals surface area (Å²) in [6.07, 6.45) is 3.52. The van der Waals surface area contributed by atoms with Crippen LogP contribution in [-0.2, 0) is 0 Å². The summed E-state index contributed by atoms with van der Waals surface area (Å²) in [4.78, 5) is 8.63. The number of rotatable bonds is 2. The van der Waals surface area contributed by atoms with E-state index in [0.29, 0.717) is 0 Å². The fourth-order valence-electron chi connectivity index (χ4n) is 2.67. The van der Waals surface area contributed by atoms with Crippen molar-refractivity contribution in [1.29, 1.82) is 0 Å². The number of nitrogens with two attached hydrogens (primary N) is 1. The van der Waals surface area contributed by atoms with Crippen LogP contribution in [0.4, 0.5) is 5.69 Å². The van der Waals surface area contributed by atoms with Crippen molar-refractivity contribution >= 4 is 11.3 Å². The lowest BCUT2D eigenvalue weighted by Crippen LogP contribution is -1.98. The van der Waals surface area contributed by atoms with Crippen molar-refractivity contribution in [3.8, 4) is 22.5 Å². The maximum absolute atomic E-state index is 5.92. The van der Waals surface area contributed by atoms with Crippen LogP contribution in [0.1, 0.15) is 5.69 Å². The average Bonchev–Trinajstić information content (AvgIpc) is 2.98. The molecular weight excluding hydrogens is 286 g/mol. The van der Waals surface area contributed by atoms with Gasteiger partial charge >= 0.3 is 0 Å². The normalized spacial score (nSPS) is 11.0. The first-order valence-electron chi connectivity index (χ1n) is 7.34. The van der Waals surface area contributed by atoms with E-state index in [0.717, 1.165) is 39.5 Å². The highest BCUT2D eigenvalue weighted by Gasteiger charge is 2.11. The highest BCUT2D eigenvalue weighted by molar-refractivity contribution is 5.70. The third-order valence-corrected chi connectivity index (χ3v) is 3.71. The fourth-order valence-corrected chi connectivity index (χ4v) is 2.67. The Bertz CT molecular complexity index is 989. The molecule has 1 aromatic carbocycles. The zero-order chi connectivity index (χ0) is 15.8. The van der Waals surface area contributed by atoms with Gasteiger partial charge in [0, 0.05) is 41.0 Å². The van der Waals surface area contributed by atoms with Crippen LogP contribution in [0, 0.1) is 6.92 Å². The number of fused-ring (bicyclic) bond motifs is 1. The van der Waals surface area contributed by atoms with Crippen molar-refractivity contribution in [1.82, 2.24) is 19.6 Å². The van der Waals surface area contributed by atoms with E-state index in [2.05, 4.69) is 9.97 Å². The summed E-state index contributed by atoms with van der Waals surface area (Å²) >= 11 is 0. The second-order valence-corrected chi connectivity index (χ2v) is 5.44. The summed E-state index contributed by atoms with van der Waals surface area (Å²) in [6, 6.07) is 15.7. The van der Waals surface area contributed by atoms with Crippen LogP contribution in [0.15, 0.2) is 60.9 Å². The van der Waals surface area contributed by atoms with Gasteiger partial charge in [0.25, 0.3) is 0 Å². The van der Waals surface area contributed by atoms with Crippen molar-refractivity contribution in [2.75, 3.05) is 5.73 Å². The Labute approximate surface area is 133 Å². The van der Waals surface area contributed by atoms with Gasteiger partial charge in [-0.05, 0) is 37.3 Å². The average molecular weight is 301 g/mol. The van der Waals surface area contributed by atoms with Gasteiger partial charge in [-0.15, -0.1) is 0 Å². The van der Waals surface area contributed by atoms with Crippen molar-refractivity contribution in [2.24, 2.45) is 0 Å². The van der Waals surface area contributed by atoms with E-state index in [1.807, 2.05) is 60.0 Å². The second kappa shape index (κ2) is 5.21. The van der Waals surface area contributed by atoms with Crippen molar-refractivity contribution in [2.45, 2.75) is 6.92 Å². The molecule has 4 rings (SSSR count). The lowest BCUT2D eigenvalue weighted by Gasteiger charge is -2.07. The maximum Gasteiger partial charge on any atom is 0.156 e. The van der Waals surface area contributed by atoms with E-state index >= 15 is 0 Å². The van der Waals surface area contributed by atoms with Gasteiger partial charge in [0.1, 0.15) is 0 Å². The fraction of sp³-hybridized carbons (Fsp3) is 0.0556. The lowest BCUT2D eigenvalue weighted by molar-refractivity contribution is 0.941. The number of benzene rings is 1. The van der Waals surface area contributed by atoms with Gasteiger partial charge in [-0.2, -0.15) is 5.10 Å². The molecule has 0 amide bonds. The molecule has 23 heavy (non-hydrogen) atoms. The number of anilines is 1. The molecule has 0 unspecified atom stereocenters. The standard InChI is InChI=1S/C18H15N5/c1-12-9-17(14-3-2-4-15(19)10-14)23-18(21-12)11-16(22-23)13-5-7-20-8-6-13/h2-11H,19H2,1H3. The van der Waals surface area contributed by atoms with Gasteiger partial charge in [0.05, 0.1) is 11.4 Å². The molecule has 0 saturated heterocycles. The lowest BCUT2D eigenvalue weighted by atomic mass is 10.1. The van der Waals surface area contributed by atoms with E-state index in [1.165, 1.54) is 0 Å². The van der Waals surface area contributed by atoms with E-state index in [1.54, 1.807) is 12.4 Å². The Hall–Kier alpha value is -3.21. The first kappa shape index (κ1) is 13.5. The van der Waals surface area contributed by atoms with Crippen molar-refractivity contribution in [3.63, 3.8) is 0 Å². The summed E-state index contributed by atoms with van der Waals surface area (Å²) in [6.45, 7) is 1.98. The number of aromatic nitrogens is 4. The highest BCUT2D eigenvalue weighted by Crippen LogP contribution is 2.25. The molecule has 2 N–H and O–H groups in total. The predicted molar refractivity (Wildman–Crippen MR) is 90.8 cm³/mol. The number of nitrogen functional groups attached to an aromatic ring is 1. The highest BCUT2D eigenvalue weighted by atomic mass is 15.3. The molecule has 0 fully saturated rings. The molecule has 0 radical (unpaired) electrons. The largest absolute Gasteiger partial charge is 0.399 e. The minimum absolute atomic E-state index is 0.728. The third-order valence-electron chi connectivity index (χ3n) is 3.71. The molecule has 0 spiro atoms. The molecule has 0 atom stereocenters. The Balaban J connectivity index is 1.96. The number of hydrogen-bond donors (Lipinski definition) is 1. The van der Waals surface area contributed by atoms with Crippen LogP contribution in [0.25, 0.3) is 28.2 Å². The van der Waals surface area contributed by atoms with Crippen LogP contribution in [0.5, 0.6) is 0 Å². The van der Waals surface area contributed by atoms with Gasteiger partial charge in [-0.25, -0.2) is 9.50 Å². The predicted octanol–water partition coefficient (Wildman–Crippen LogP) is 3.35. The van der Waals surface area contributed by atoms with Gasteiger partial charge in [-0.3, -0.25) is 4.98 Å². The van der Waals surface area contributed by atoms with Gasteiger partial charge in [-0.1, -0.05) is 12.1 Å². The Morgan fingerprint density at radius 1 is 0.957 bits per heavy atom. The number of aryl methyl sites for hydroxylation is 1. The monoisotopic (exact) mass is 301 g/mol. The van der Waals surface area contributed by atoms with E-state index in [4.69, 9.17) is 10.8 Å². The van der Waals surface area contributed by atoms with Crippen LogP contribution < -0.4 is 5.73 Å². The SMILES string of the molecule is Cc1cc(-c2cccc(N)c2)n2nc(-c3ccncc3)cc2n1. The molecule has 0 aliphatic carbocycles. The molecule has 3 heterocycles. The molecule has 3 aromatic heterocycles. The summed E-state index contributed by atoms with van der Waals surface area (Å²) in [5.74, 6) is 0. The Morgan fingerprint density at radius 2 is 1.78 bits per heavy atom. The molecule has 112 valence electrons. The van der Waals surface area contributed by atoms with E-state index in [9.17, 15) is 0 Å². The minimum atomic E-state index is 0.728. The maximum atomic E-state index is 5.92. The molecule has 0 saturated carbocycles. The minimum Gasteiger partial charge on any atom is -0.399 e. The molecule has 5 heteroatoms. The Morgan fingerprint density at radius 3 is 2.57 bits per heavy atom. The first-order valence-corrected chi connectivity index (χ1v) is 7.34. The van der Waals surface area contributed by atoms with Gasteiger partial charge in [0.2, 0.25) is 0 Å². The summed E-state index contributed by atoms with van der Waals surface area (Å²) in [7, 11) is 0. The smallest absolute Gasteiger partial charge is 0.156 e. The van der Waals surface area contributed by atoms with Gasteiger partial charge in [0.15, 0.2) is 5.65 Å².